The first-order valence-electron chi connectivity index (χ1n) is 11.4. The molecule has 0 bridgehead atoms. The molecule has 1 aliphatic rings. The molecule has 0 aliphatic carbocycles. The molecule has 5 heteroatoms. The van der Waals surface area contributed by atoms with Crippen molar-refractivity contribution in [3.8, 4) is 0 Å². The van der Waals surface area contributed by atoms with E-state index in [1.165, 1.54) is 0 Å². The summed E-state index contributed by atoms with van der Waals surface area (Å²) < 4.78 is 12.2. The molecule has 0 saturated carbocycles. The predicted octanol–water partition coefficient (Wildman–Crippen LogP) is 6.60. The van der Waals surface area contributed by atoms with Crippen molar-refractivity contribution in [3.05, 3.63) is 143 Å². The highest BCUT2D eigenvalue weighted by Gasteiger charge is 2.59. The van der Waals surface area contributed by atoms with Gasteiger partial charge in [-0.25, -0.2) is 4.79 Å². The van der Waals surface area contributed by atoms with Crippen LogP contribution >= 0.6 is 11.6 Å². The Morgan fingerprint density at radius 2 is 1.31 bits per heavy atom. The second-order valence-electron chi connectivity index (χ2n) is 8.46. The quantitative estimate of drug-likeness (QED) is 0.290. The summed E-state index contributed by atoms with van der Waals surface area (Å²) in [6.45, 7) is 0. The fraction of sp³-hybridized carbons (Fsp3) is 0.133. The summed E-state index contributed by atoms with van der Waals surface area (Å²) in [6.07, 6.45) is -0.675. The normalized spacial score (nSPS) is 19.4. The van der Waals surface area contributed by atoms with Crippen molar-refractivity contribution in [2.75, 3.05) is 0 Å². The average molecular weight is 483 g/mol. The molecule has 4 aromatic rings. The maximum absolute atomic E-state index is 14.2. The Morgan fingerprint density at radius 3 is 1.89 bits per heavy atom. The lowest BCUT2D eigenvalue weighted by Gasteiger charge is -2.34. The molecular weight excluding hydrogens is 460 g/mol. The van der Waals surface area contributed by atoms with Crippen molar-refractivity contribution in [3.63, 3.8) is 0 Å². The fourth-order valence-corrected chi connectivity index (χ4v) is 4.98. The number of ether oxygens (including phenoxy) is 2. The predicted molar refractivity (Wildman–Crippen MR) is 134 cm³/mol. The number of esters is 2. The lowest BCUT2D eigenvalue weighted by molar-refractivity contribution is -0.180. The summed E-state index contributed by atoms with van der Waals surface area (Å²) in [5, 5.41) is 0.464. The Kier molecular flexibility index (Phi) is 6.39. The zero-order valence-corrected chi connectivity index (χ0v) is 19.6. The van der Waals surface area contributed by atoms with Crippen LogP contribution in [0.1, 0.15) is 40.7 Å². The van der Waals surface area contributed by atoms with E-state index in [4.69, 9.17) is 21.1 Å². The molecular formula is C30H23ClO4. The van der Waals surface area contributed by atoms with Crippen molar-refractivity contribution in [2.24, 2.45) is 0 Å². The van der Waals surface area contributed by atoms with Gasteiger partial charge >= 0.3 is 11.9 Å². The van der Waals surface area contributed by atoms with Crippen LogP contribution in [0.15, 0.2) is 115 Å². The third-order valence-corrected chi connectivity index (χ3v) is 6.70. The number of carbonyl (C=O) groups is 2. The standard InChI is InChI=1S/C30H23ClO4/c31-26-19-11-10-18-24(26)25-20-27(32)35-30(25,23-16-8-3-9-17-23)29(33)34-28(21-12-4-1-5-13-21)22-14-6-2-7-15-22/h1-19,25,28H,20H2/t25-,30+/m0/s1. The Labute approximate surface area is 209 Å². The SMILES string of the molecule is O=C1C[C@@H](c2ccccc2Cl)[C@@](C(=O)OC(c2ccccc2)c2ccccc2)(c2ccccc2)O1. The highest BCUT2D eigenvalue weighted by molar-refractivity contribution is 6.31. The number of rotatable bonds is 6. The molecule has 0 aromatic heterocycles. The molecule has 1 fully saturated rings. The van der Waals surface area contributed by atoms with Crippen LogP contribution in [0.4, 0.5) is 0 Å². The van der Waals surface area contributed by atoms with E-state index < -0.39 is 29.6 Å². The second kappa shape index (κ2) is 9.77. The molecule has 0 unspecified atom stereocenters. The molecule has 0 radical (unpaired) electrons. The van der Waals surface area contributed by atoms with Gasteiger partial charge in [-0.2, -0.15) is 0 Å². The molecule has 35 heavy (non-hydrogen) atoms. The molecule has 1 heterocycles. The molecule has 1 saturated heterocycles. The third-order valence-electron chi connectivity index (χ3n) is 6.35. The summed E-state index contributed by atoms with van der Waals surface area (Å²) in [4.78, 5) is 27.0. The summed E-state index contributed by atoms with van der Waals surface area (Å²) in [5.74, 6) is -1.77. The van der Waals surface area contributed by atoms with Crippen molar-refractivity contribution in [1.82, 2.24) is 0 Å². The van der Waals surface area contributed by atoms with E-state index in [0.717, 1.165) is 11.1 Å². The van der Waals surface area contributed by atoms with Crippen molar-refractivity contribution in [1.29, 1.82) is 0 Å². The molecule has 0 N–H and O–H groups in total. The van der Waals surface area contributed by atoms with Crippen LogP contribution in [0, 0.1) is 0 Å². The molecule has 174 valence electrons. The van der Waals surface area contributed by atoms with E-state index in [9.17, 15) is 9.59 Å². The number of carbonyl (C=O) groups excluding carboxylic acids is 2. The Morgan fingerprint density at radius 1 is 0.800 bits per heavy atom. The molecule has 1 aliphatic heterocycles. The van der Waals surface area contributed by atoms with E-state index in [0.29, 0.717) is 16.1 Å². The molecule has 2 atom stereocenters. The number of hydrogen-bond donors (Lipinski definition) is 0. The van der Waals surface area contributed by atoms with Gasteiger partial charge in [0, 0.05) is 10.6 Å². The molecule has 4 aromatic carbocycles. The third kappa shape index (κ3) is 4.33. The molecule has 0 spiro atoms. The maximum Gasteiger partial charge on any atom is 0.357 e. The van der Waals surface area contributed by atoms with Gasteiger partial charge in [0.25, 0.3) is 0 Å². The van der Waals surface area contributed by atoms with Crippen LogP contribution in [0.2, 0.25) is 5.02 Å². The van der Waals surface area contributed by atoms with E-state index in [1.807, 2.05) is 97.1 Å². The molecule has 0 amide bonds. The fourth-order valence-electron chi connectivity index (χ4n) is 4.72. The summed E-state index contributed by atoms with van der Waals surface area (Å²) in [6, 6.07) is 35.3. The zero-order valence-electron chi connectivity index (χ0n) is 18.8. The minimum absolute atomic E-state index is 0.00900. The summed E-state index contributed by atoms with van der Waals surface area (Å²) >= 11 is 6.55. The first kappa shape index (κ1) is 22.9. The summed E-state index contributed by atoms with van der Waals surface area (Å²) in [5.41, 5.74) is 1.16. The van der Waals surface area contributed by atoms with Crippen LogP contribution in [0.3, 0.4) is 0 Å². The van der Waals surface area contributed by atoms with Gasteiger partial charge in [0.05, 0.1) is 12.3 Å². The highest BCUT2D eigenvalue weighted by atomic mass is 35.5. The zero-order chi connectivity index (χ0) is 24.3. The van der Waals surface area contributed by atoms with Gasteiger partial charge in [-0.05, 0) is 22.8 Å². The van der Waals surface area contributed by atoms with Crippen molar-refractivity contribution in [2.45, 2.75) is 24.0 Å². The van der Waals surface area contributed by atoms with E-state index in [-0.39, 0.29) is 6.42 Å². The average Bonchev–Trinajstić information content (AvgIpc) is 3.27. The topological polar surface area (TPSA) is 52.6 Å². The Bertz CT molecular complexity index is 1280. The highest BCUT2D eigenvalue weighted by Crippen LogP contribution is 2.51. The van der Waals surface area contributed by atoms with Crippen molar-refractivity contribution >= 4 is 23.5 Å². The first-order valence-corrected chi connectivity index (χ1v) is 11.8. The second-order valence-corrected chi connectivity index (χ2v) is 8.87. The number of hydrogen-bond acceptors (Lipinski definition) is 4. The van der Waals surface area contributed by atoms with E-state index >= 15 is 0 Å². The van der Waals surface area contributed by atoms with Gasteiger partial charge in [0.15, 0.2) is 6.10 Å². The Hall–Kier alpha value is -3.89. The number of halogens is 1. The smallest absolute Gasteiger partial charge is 0.357 e. The van der Waals surface area contributed by atoms with Gasteiger partial charge in [-0.1, -0.05) is 121 Å². The van der Waals surface area contributed by atoms with Crippen LogP contribution in [-0.2, 0) is 24.7 Å². The van der Waals surface area contributed by atoms with E-state index in [1.54, 1.807) is 18.2 Å². The number of benzene rings is 4. The minimum atomic E-state index is -1.68. The maximum atomic E-state index is 14.2. The van der Waals surface area contributed by atoms with Crippen LogP contribution in [0.25, 0.3) is 0 Å². The van der Waals surface area contributed by atoms with Gasteiger partial charge in [-0.15, -0.1) is 0 Å². The lowest BCUT2D eigenvalue weighted by Crippen LogP contribution is -2.42. The molecule has 4 nitrogen and oxygen atoms in total. The lowest BCUT2D eigenvalue weighted by atomic mass is 9.77. The van der Waals surface area contributed by atoms with Crippen LogP contribution in [0.5, 0.6) is 0 Å². The van der Waals surface area contributed by atoms with Gasteiger partial charge in [0.1, 0.15) is 0 Å². The summed E-state index contributed by atoms with van der Waals surface area (Å²) in [7, 11) is 0. The Balaban J connectivity index is 1.64. The van der Waals surface area contributed by atoms with Gasteiger partial charge in [0.2, 0.25) is 5.60 Å². The van der Waals surface area contributed by atoms with Crippen LogP contribution in [-0.4, -0.2) is 11.9 Å². The van der Waals surface area contributed by atoms with Crippen molar-refractivity contribution < 1.29 is 19.1 Å². The number of cyclic esters (lactones) is 1. The first-order chi connectivity index (χ1) is 17.1. The van der Waals surface area contributed by atoms with E-state index in [2.05, 4.69) is 0 Å². The minimum Gasteiger partial charge on any atom is -0.449 e. The molecule has 5 rings (SSSR count). The largest absolute Gasteiger partial charge is 0.449 e. The van der Waals surface area contributed by atoms with Gasteiger partial charge < -0.3 is 9.47 Å². The van der Waals surface area contributed by atoms with Gasteiger partial charge in [-0.3, -0.25) is 4.79 Å². The van der Waals surface area contributed by atoms with Crippen LogP contribution < -0.4 is 0 Å². The monoisotopic (exact) mass is 482 g/mol.